The fourth-order valence-corrected chi connectivity index (χ4v) is 6.28. The van der Waals surface area contributed by atoms with Crippen LogP contribution in [0.2, 0.25) is 0 Å². The average molecular weight is 590 g/mol. The fraction of sp³-hybridized carbons (Fsp3) is 0.519. The predicted octanol–water partition coefficient (Wildman–Crippen LogP) is 3.96. The van der Waals surface area contributed by atoms with Crippen molar-refractivity contribution in [3.8, 4) is 11.8 Å². The van der Waals surface area contributed by atoms with Gasteiger partial charge in [-0.05, 0) is 79.2 Å². The molecule has 8 nitrogen and oxygen atoms in total. The van der Waals surface area contributed by atoms with Crippen LogP contribution in [0.1, 0.15) is 66.8 Å². The molecule has 37 heavy (non-hydrogen) atoms. The largest absolute Gasteiger partial charge is 0.598 e. The van der Waals surface area contributed by atoms with E-state index in [4.69, 9.17) is 9.47 Å². The number of ether oxygens (including phenoxy) is 2. The lowest BCUT2D eigenvalue weighted by molar-refractivity contribution is 0.0593. The van der Waals surface area contributed by atoms with Crippen LogP contribution in [-0.4, -0.2) is 59.2 Å². The zero-order valence-corrected chi connectivity index (χ0v) is 24.3. The third-order valence-electron chi connectivity index (χ3n) is 7.00. The molecule has 0 bridgehead atoms. The van der Waals surface area contributed by atoms with Crippen molar-refractivity contribution in [1.29, 1.82) is 0 Å². The summed E-state index contributed by atoms with van der Waals surface area (Å²) in [6.07, 6.45) is 4.16. The van der Waals surface area contributed by atoms with Gasteiger partial charge in [0.05, 0.1) is 19.3 Å². The normalized spacial score (nSPS) is 19.2. The number of piperidine rings is 1. The number of fused-ring (bicyclic) bond motifs is 1. The zero-order valence-electron chi connectivity index (χ0n) is 21.9. The lowest BCUT2D eigenvalue weighted by Crippen LogP contribution is -2.50. The number of esters is 1. The number of carbonyl (C=O) groups is 1. The van der Waals surface area contributed by atoms with Crippen LogP contribution in [0.5, 0.6) is 0 Å². The van der Waals surface area contributed by atoms with E-state index >= 15 is 0 Å². The number of rotatable bonds is 5. The maximum atomic E-state index is 13.3. The molecule has 10 heteroatoms. The van der Waals surface area contributed by atoms with Crippen LogP contribution < -0.4 is 9.62 Å². The number of nitrogens with one attached hydrogen (secondary N) is 1. The van der Waals surface area contributed by atoms with E-state index < -0.39 is 22.1 Å². The van der Waals surface area contributed by atoms with Gasteiger partial charge in [-0.2, -0.15) is 0 Å². The number of halogens is 1. The quantitative estimate of drug-likeness (QED) is 0.318. The van der Waals surface area contributed by atoms with Crippen molar-refractivity contribution in [3.05, 3.63) is 51.4 Å². The van der Waals surface area contributed by atoms with Crippen LogP contribution >= 0.6 is 15.9 Å². The van der Waals surface area contributed by atoms with E-state index in [1.54, 1.807) is 13.3 Å². The second kappa shape index (κ2) is 11.3. The first kappa shape index (κ1) is 27.9. The Bertz CT molecular complexity index is 1220. The minimum absolute atomic E-state index is 0.0787. The Morgan fingerprint density at radius 3 is 2.70 bits per heavy atom. The van der Waals surface area contributed by atoms with Crippen molar-refractivity contribution >= 4 is 39.1 Å². The van der Waals surface area contributed by atoms with Crippen molar-refractivity contribution < 1.29 is 18.8 Å². The number of carbonyl (C=O) groups excluding carboxylic acids is 1. The summed E-state index contributed by atoms with van der Waals surface area (Å²) in [5, 5.41) is 0. The smallest absolute Gasteiger partial charge is 0.360 e. The average Bonchev–Trinajstić information content (AvgIpc) is 3.15. The molecule has 1 aliphatic heterocycles. The lowest BCUT2D eigenvalue weighted by atomic mass is 9.73. The highest BCUT2D eigenvalue weighted by Gasteiger charge is 2.51. The Morgan fingerprint density at radius 2 is 2.05 bits per heavy atom. The number of nitrogens with zero attached hydrogens (tertiary/aromatic N) is 3. The summed E-state index contributed by atoms with van der Waals surface area (Å²) >= 11 is 2.06. The van der Waals surface area contributed by atoms with Gasteiger partial charge in [0.1, 0.15) is 16.0 Å². The molecule has 1 spiro atoms. The van der Waals surface area contributed by atoms with Crippen molar-refractivity contribution in [2.24, 2.45) is 5.41 Å². The third-order valence-corrected chi connectivity index (χ3v) is 8.95. The van der Waals surface area contributed by atoms with Crippen molar-refractivity contribution in [1.82, 2.24) is 14.7 Å². The van der Waals surface area contributed by atoms with E-state index in [2.05, 4.69) is 59.5 Å². The number of benzene rings is 1. The maximum Gasteiger partial charge on any atom is 0.360 e. The molecule has 1 fully saturated rings. The monoisotopic (exact) mass is 588 g/mol. The number of methoxy groups -OCH3 is 2. The Morgan fingerprint density at radius 1 is 1.32 bits per heavy atom. The van der Waals surface area contributed by atoms with Crippen LogP contribution in [0.3, 0.4) is 0 Å². The molecule has 1 aliphatic carbocycles. The Balaban J connectivity index is 1.63. The number of anilines is 1. The predicted molar refractivity (Wildman–Crippen MR) is 148 cm³/mol. The Kier molecular flexibility index (Phi) is 8.51. The SMILES string of the molecule is COCC#Cc1ccc2c(c1)[C@@H](N[S+]([O-])C(C)(C)C)C1(CCN(c3ncc(Br)nc3C(=O)OC)CC1)C2. The summed E-state index contributed by atoms with van der Waals surface area (Å²) in [5.41, 5.74) is 3.42. The van der Waals surface area contributed by atoms with Gasteiger partial charge in [0.25, 0.3) is 0 Å². The van der Waals surface area contributed by atoms with Crippen LogP contribution in [0.25, 0.3) is 0 Å². The van der Waals surface area contributed by atoms with Gasteiger partial charge in [0, 0.05) is 42.5 Å². The van der Waals surface area contributed by atoms with E-state index in [1.807, 2.05) is 26.8 Å². The van der Waals surface area contributed by atoms with E-state index in [0.29, 0.717) is 30.1 Å². The summed E-state index contributed by atoms with van der Waals surface area (Å²) in [5.74, 6) is 6.22. The minimum atomic E-state index is -1.24. The second-order valence-corrected chi connectivity index (χ2v) is 13.3. The van der Waals surface area contributed by atoms with Gasteiger partial charge in [0.15, 0.2) is 11.5 Å². The molecule has 1 unspecified atom stereocenters. The highest BCUT2D eigenvalue weighted by molar-refractivity contribution is 9.10. The van der Waals surface area contributed by atoms with Crippen molar-refractivity contribution in [3.63, 3.8) is 0 Å². The van der Waals surface area contributed by atoms with Gasteiger partial charge in [0.2, 0.25) is 0 Å². The fourth-order valence-electron chi connectivity index (χ4n) is 5.05. The first-order valence-electron chi connectivity index (χ1n) is 12.2. The molecule has 198 valence electrons. The standard InChI is InChI=1S/C27H33BrN4O4S/c1-26(2,3)37(34)31-23-20-15-18(7-6-14-35-4)8-9-19(20)16-27(23)10-12-32(13-11-27)24-22(25(33)36-5)30-21(28)17-29-24/h8-9,15,17,23,31H,10-14,16H2,1-5H3/t23-,37?/m1/s1. The molecule has 1 aromatic carbocycles. The summed E-state index contributed by atoms with van der Waals surface area (Å²) < 4.78 is 26.9. The Labute approximate surface area is 230 Å². The van der Waals surface area contributed by atoms with Crippen LogP contribution in [-0.2, 0) is 27.3 Å². The van der Waals surface area contributed by atoms with E-state index in [1.165, 1.54) is 12.7 Å². The van der Waals surface area contributed by atoms with Crippen LogP contribution in [0.15, 0.2) is 29.0 Å². The molecule has 2 atom stereocenters. The molecular weight excluding hydrogens is 556 g/mol. The minimum Gasteiger partial charge on any atom is -0.598 e. The highest BCUT2D eigenvalue weighted by Crippen LogP contribution is 2.53. The summed E-state index contributed by atoms with van der Waals surface area (Å²) in [4.78, 5) is 23.3. The molecule has 2 aliphatic rings. The van der Waals surface area contributed by atoms with E-state index in [9.17, 15) is 9.35 Å². The maximum absolute atomic E-state index is 13.3. The molecule has 0 radical (unpaired) electrons. The van der Waals surface area contributed by atoms with Gasteiger partial charge >= 0.3 is 5.97 Å². The molecule has 2 aromatic rings. The molecule has 1 aromatic heterocycles. The lowest BCUT2D eigenvalue weighted by Gasteiger charge is -2.44. The molecular formula is C27H33BrN4O4S. The molecule has 0 saturated carbocycles. The van der Waals surface area contributed by atoms with Gasteiger partial charge in [-0.15, -0.1) is 4.72 Å². The number of hydrogen-bond donors (Lipinski definition) is 1. The molecule has 2 heterocycles. The first-order chi connectivity index (χ1) is 17.6. The number of aromatic nitrogens is 2. The highest BCUT2D eigenvalue weighted by atomic mass is 79.9. The van der Waals surface area contributed by atoms with Gasteiger partial charge in [-0.25, -0.2) is 14.8 Å². The second-order valence-electron chi connectivity index (χ2n) is 10.5. The van der Waals surface area contributed by atoms with Crippen LogP contribution in [0, 0.1) is 17.3 Å². The van der Waals surface area contributed by atoms with Crippen LogP contribution in [0.4, 0.5) is 5.82 Å². The first-order valence-corrected chi connectivity index (χ1v) is 14.2. The van der Waals surface area contributed by atoms with Gasteiger partial charge in [-0.1, -0.05) is 17.9 Å². The van der Waals surface area contributed by atoms with E-state index in [0.717, 1.165) is 30.4 Å². The topological polar surface area (TPSA) is 99.6 Å². The van der Waals surface area contributed by atoms with Gasteiger partial charge < -0.3 is 18.9 Å². The van der Waals surface area contributed by atoms with Crippen molar-refractivity contribution in [2.75, 3.05) is 38.8 Å². The zero-order chi connectivity index (χ0) is 26.8. The molecule has 0 amide bonds. The summed E-state index contributed by atoms with van der Waals surface area (Å²) in [6, 6.07) is 6.25. The molecule has 1 N–H and O–H groups in total. The summed E-state index contributed by atoms with van der Waals surface area (Å²) in [7, 11) is 2.97. The Hall–Kier alpha value is -2.16. The van der Waals surface area contributed by atoms with E-state index in [-0.39, 0.29) is 17.2 Å². The molecule has 1 saturated heterocycles. The summed E-state index contributed by atoms with van der Waals surface area (Å²) in [6.45, 7) is 7.70. The third kappa shape index (κ3) is 5.96. The van der Waals surface area contributed by atoms with Crippen molar-refractivity contribution in [2.45, 2.75) is 50.8 Å². The molecule has 4 rings (SSSR count). The van der Waals surface area contributed by atoms with Gasteiger partial charge in [-0.3, -0.25) is 0 Å². The number of hydrogen-bond acceptors (Lipinski definition) is 8.